The Morgan fingerprint density at radius 2 is 0.437 bits per heavy atom. The second kappa shape index (κ2) is 16.7. The van der Waals surface area contributed by atoms with Crippen LogP contribution < -0.4 is 0 Å². The number of hydrogen-bond acceptors (Lipinski definition) is 0. The summed E-state index contributed by atoms with van der Waals surface area (Å²) in [4.78, 5) is 0. The van der Waals surface area contributed by atoms with E-state index >= 15 is 0 Å². The average molecular weight is 900 g/mol. The summed E-state index contributed by atoms with van der Waals surface area (Å²) in [5.74, 6) is 0. The summed E-state index contributed by atoms with van der Waals surface area (Å²) in [6, 6.07) is 101. The lowest BCUT2D eigenvalue weighted by Gasteiger charge is -2.18. The molecule has 1 heteroatoms. The molecule has 0 aliphatic rings. The van der Waals surface area contributed by atoms with Crippen LogP contribution in [-0.2, 0) is 0 Å². The summed E-state index contributed by atoms with van der Waals surface area (Å²) in [7, 11) is 0. The van der Waals surface area contributed by atoms with Crippen molar-refractivity contribution in [2.24, 2.45) is 0 Å². The number of para-hydroxylation sites is 1. The third-order valence-corrected chi connectivity index (χ3v) is 14.7. The highest BCUT2D eigenvalue weighted by atomic mass is 15.0. The fourth-order valence-corrected chi connectivity index (χ4v) is 11.7. The second-order valence-electron chi connectivity index (χ2n) is 18.7. The highest BCUT2D eigenvalue weighted by Crippen LogP contribution is 2.47. The number of aromatic nitrogens is 1. The van der Waals surface area contributed by atoms with E-state index in [0.717, 1.165) is 5.69 Å². The van der Waals surface area contributed by atoms with Gasteiger partial charge >= 0.3 is 0 Å². The average Bonchev–Trinajstić information content (AvgIpc) is 3.77. The zero-order chi connectivity index (χ0) is 46.8. The maximum atomic E-state index is 2.42. The summed E-state index contributed by atoms with van der Waals surface area (Å²) < 4.78 is 2.42. The largest absolute Gasteiger partial charge is 0.309 e. The molecule has 0 aliphatic carbocycles. The molecule has 14 aromatic rings. The van der Waals surface area contributed by atoms with Gasteiger partial charge in [-0.1, -0.05) is 224 Å². The van der Waals surface area contributed by atoms with Gasteiger partial charge in [0.1, 0.15) is 0 Å². The Morgan fingerprint density at radius 3 is 0.789 bits per heavy atom. The first-order chi connectivity index (χ1) is 35.2. The molecule has 1 aromatic heterocycles. The van der Waals surface area contributed by atoms with Crippen molar-refractivity contribution in [3.63, 3.8) is 0 Å². The maximum absolute atomic E-state index is 2.42. The van der Waals surface area contributed by atoms with Crippen molar-refractivity contribution in [1.82, 2.24) is 4.57 Å². The molecule has 0 unspecified atom stereocenters. The molecule has 0 saturated heterocycles. The van der Waals surface area contributed by atoms with E-state index in [1.165, 1.54) is 132 Å². The molecular formula is C70H45N. The molecule has 13 aromatic carbocycles. The van der Waals surface area contributed by atoms with Crippen molar-refractivity contribution in [3.05, 3.63) is 273 Å². The Kier molecular flexibility index (Phi) is 9.60. The normalized spacial score (nSPS) is 11.7. The van der Waals surface area contributed by atoms with Crippen LogP contribution in [0.3, 0.4) is 0 Å². The lowest BCUT2D eigenvalue weighted by Crippen LogP contribution is -1.93. The minimum absolute atomic E-state index is 1.15. The van der Waals surface area contributed by atoms with Crippen molar-refractivity contribution < 1.29 is 0 Å². The van der Waals surface area contributed by atoms with Crippen molar-refractivity contribution in [2.45, 2.75) is 0 Å². The molecule has 14 rings (SSSR count). The van der Waals surface area contributed by atoms with E-state index in [1.54, 1.807) is 0 Å². The second-order valence-corrected chi connectivity index (χ2v) is 18.7. The topological polar surface area (TPSA) is 4.93 Å². The molecule has 330 valence electrons. The van der Waals surface area contributed by atoms with Crippen LogP contribution >= 0.6 is 0 Å². The lowest BCUT2D eigenvalue weighted by atomic mass is 9.85. The van der Waals surface area contributed by atoms with Gasteiger partial charge in [0.2, 0.25) is 0 Å². The molecule has 0 aliphatic heterocycles. The summed E-state index contributed by atoms with van der Waals surface area (Å²) in [6.45, 7) is 0. The van der Waals surface area contributed by atoms with Crippen molar-refractivity contribution in [1.29, 1.82) is 0 Å². The van der Waals surface area contributed by atoms with Crippen LogP contribution in [0.4, 0.5) is 0 Å². The molecular weight excluding hydrogens is 855 g/mol. The first-order valence-electron chi connectivity index (χ1n) is 24.6. The number of rotatable bonds is 7. The van der Waals surface area contributed by atoms with Gasteiger partial charge in [0, 0.05) is 16.5 Å². The van der Waals surface area contributed by atoms with Crippen LogP contribution in [0.1, 0.15) is 0 Å². The molecule has 0 amide bonds. The molecule has 1 heterocycles. The van der Waals surface area contributed by atoms with E-state index in [1.807, 2.05) is 0 Å². The molecule has 1 nitrogen and oxygen atoms in total. The third-order valence-electron chi connectivity index (χ3n) is 14.7. The summed E-state index contributed by atoms with van der Waals surface area (Å²) >= 11 is 0. The Hall–Kier alpha value is -9.30. The molecule has 0 fully saturated rings. The van der Waals surface area contributed by atoms with E-state index in [4.69, 9.17) is 0 Å². The monoisotopic (exact) mass is 899 g/mol. The molecule has 71 heavy (non-hydrogen) atoms. The zero-order valence-electron chi connectivity index (χ0n) is 38.9. The molecule has 0 bridgehead atoms. The Balaban J connectivity index is 0.932. The van der Waals surface area contributed by atoms with Gasteiger partial charge in [-0.05, 0) is 158 Å². The minimum Gasteiger partial charge on any atom is -0.309 e. The lowest BCUT2D eigenvalue weighted by molar-refractivity contribution is 1.18. The van der Waals surface area contributed by atoms with Crippen molar-refractivity contribution in [3.8, 4) is 72.4 Å². The SMILES string of the molecule is c1ccc(-c2c3ccccc3c(-c3cccc(-c4ccc5c(c4)c4cc(-c6cccc(-c7c8ccccc8c(-c8ccccc8)c8ccccc78)c6)ccc4n5-c4ccccc4)c3)c3ccccc23)cc1. The van der Waals surface area contributed by atoms with Gasteiger partial charge in [-0.15, -0.1) is 0 Å². The van der Waals surface area contributed by atoms with Gasteiger partial charge in [-0.3, -0.25) is 0 Å². The van der Waals surface area contributed by atoms with Crippen molar-refractivity contribution in [2.75, 3.05) is 0 Å². The fourth-order valence-electron chi connectivity index (χ4n) is 11.7. The fraction of sp³-hybridized carbons (Fsp3) is 0. The predicted octanol–water partition coefficient (Wildman–Crippen LogP) is 19.4. The van der Waals surface area contributed by atoms with Crippen LogP contribution in [0.2, 0.25) is 0 Å². The molecule has 0 spiro atoms. The molecule has 0 radical (unpaired) electrons. The molecule has 0 atom stereocenters. The van der Waals surface area contributed by atoms with Crippen LogP contribution in [0.15, 0.2) is 273 Å². The highest BCUT2D eigenvalue weighted by Gasteiger charge is 2.20. The maximum Gasteiger partial charge on any atom is 0.0541 e. The van der Waals surface area contributed by atoms with Gasteiger partial charge in [-0.25, -0.2) is 0 Å². The van der Waals surface area contributed by atoms with Crippen LogP contribution in [0.25, 0.3) is 137 Å². The first-order valence-corrected chi connectivity index (χ1v) is 24.6. The highest BCUT2D eigenvalue weighted by molar-refractivity contribution is 6.23. The van der Waals surface area contributed by atoms with E-state index < -0.39 is 0 Å². The summed E-state index contributed by atoms with van der Waals surface area (Å²) in [5.41, 5.74) is 18.2. The van der Waals surface area contributed by atoms with E-state index in [0.29, 0.717) is 0 Å². The Bertz CT molecular complexity index is 3990. The quantitative estimate of drug-likeness (QED) is 0.141. The Labute approximate surface area is 412 Å². The third kappa shape index (κ3) is 6.70. The first kappa shape index (κ1) is 40.7. The van der Waals surface area contributed by atoms with E-state index in [2.05, 4.69) is 278 Å². The zero-order valence-corrected chi connectivity index (χ0v) is 38.9. The van der Waals surface area contributed by atoms with Gasteiger partial charge in [0.25, 0.3) is 0 Å². The van der Waals surface area contributed by atoms with Gasteiger partial charge in [0.15, 0.2) is 0 Å². The van der Waals surface area contributed by atoms with Crippen LogP contribution in [0.5, 0.6) is 0 Å². The predicted molar refractivity (Wildman–Crippen MR) is 303 cm³/mol. The van der Waals surface area contributed by atoms with Gasteiger partial charge < -0.3 is 4.57 Å². The molecule has 0 N–H and O–H groups in total. The summed E-state index contributed by atoms with van der Waals surface area (Å²) in [5, 5.41) is 12.5. The summed E-state index contributed by atoms with van der Waals surface area (Å²) in [6.07, 6.45) is 0. The van der Waals surface area contributed by atoms with Crippen LogP contribution in [0, 0.1) is 0 Å². The van der Waals surface area contributed by atoms with Gasteiger partial charge in [0.05, 0.1) is 11.0 Å². The van der Waals surface area contributed by atoms with Crippen LogP contribution in [-0.4, -0.2) is 4.57 Å². The molecule has 0 saturated carbocycles. The Morgan fingerprint density at radius 1 is 0.169 bits per heavy atom. The van der Waals surface area contributed by atoms with Gasteiger partial charge in [-0.2, -0.15) is 0 Å². The number of hydrogen-bond donors (Lipinski definition) is 0. The number of nitrogens with zero attached hydrogens (tertiary/aromatic N) is 1. The standard InChI is InChI=1S/C70H45N/c1-4-20-46(21-5-1)67-55-30-10-14-34-59(55)69(60-35-15-11-31-56(60)67)52-26-18-24-48(42-52)50-38-40-65-63(44-50)64-45-51(39-41-66(64)71(65)54-28-8-3-9-29-54)49-25-19-27-53(43-49)70-61-36-16-12-32-57(61)68(47-22-6-2-7-23-47)58-33-13-17-37-62(58)70/h1-45H. The minimum atomic E-state index is 1.15. The smallest absolute Gasteiger partial charge is 0.0541 e. The van der Waals surface area contributed by atoms with E-state index in [-0.39, 0.29) is 0 Å². The number of fused-ring (bicyclic) bond motifs is 7. The van der Waals surface area contributed by atoms with Crippen molar-refractivity contribution >= 4 is 64.9 Å². The number of benzene rings is 13. The van der Waals surface area contributed by atoms with E-state index in [9.17, 15) is 0 Å².